The molecule has 6 heteroatoms. The number of ether oxygens (including phenoxy) is 1. The van der Waals surface area contributed by atoms with Crippen LogP contribution in [0.15, 0.2) is 54.6 Å². The lowest BCUT2D eigenvalue weighted by Crippen LogP contribution is -2.26. The number of halogens is 1. The van der Waals surface area contributed by atoms with Gasteiger partial charge in [0.2, 0.25) is 0 Å². The van der Waals surface area contributed by atoms with Gasteiger partial charge in [0.15, 0.2) is 0 Å². The topological polar surface area (TPSA) is 56.2 Å². The third-order valence-corrected chi connectivity index (χ3v) is 3.93. The summed E-state index contributed by atoms with van der Waals surface area (Å²) in [7, 11) is 1.60. The summed E-state index contributed by atoms with van der Waals surface area (Å²) in [4.78, 5) is 12.6. The number of benzene rings is 2. The normalized spacial score (nSPS) is 10.6. The van der Waals surface area contributed by atoms with E-state index < -0.39 is 0 Å². The maximum Gasteiger partial charge on any atom is 0.270 e. The third kappa shape index (κ3) is 3.74. The molecule has 3 rings (SSSR count). The summed E-state index contributed by atoms with van der Waals surface area (Å²) in [5.41, 5.74) is 2.49. The van der Waals surface area contributed by atoms with Crippen LogP contribution in [0, 0.1) is 5.82 Å². The Morgan fingerprint density at radius 3 is 2.46 bits per heavy atom. The van der Waals surface area contributed by atoms with Crippen molar-refractivity contribution in [3.05, 3.63) is 66.1 Å². The Bertz CT molecular complexity index is 886. The summed E-state index contributed by atoms with van der Waals surface area (Å²) in [5.74, 6) is 0.199. The molecule has 5 nitrogen and oxygen atoms in total. The molecule has 2 aromatic carbocycles. The SMILES string of the molecule is CCCNC(=O)c1cc(-c2ccc(F)cc2)nn1-c1ccc(OC)cc1. The first kappa shape index (κ1) is 17.7. The highest BCUT2D eigenvalue weighted by atomic mass is 19.1. The van der Waals surface area contributed by atoms with E-state index in [1.165, 1.54) is 12.1 Å². The molecular weight excluding hydrogens is 333 g/mol. The fourth-order valence-electron chi connectivity index (χ4n) is 2.55. The maximum absolute atomic E-state index is 13.2. The van der Waals surface area contributed by atoms with Crippen LogP contribution >= 0.6 is 0 Å². The molecule has 1 aromatic heterocycles. The third-order valence-electron chi connectivity index (χ3n) is 3.93. The van der Waals surface area contributed by atoms with Crippen molar-refractivity contribution >= 4 is 5.91 Å². The van der Waals surface area contributed by atoms with Gasteiger partial charge in [-0.25, -0.2) is 9.07 Å². The number of amides is 1. The average molecular weight is 353 g/mol. The predicted molar refractivity (Wildman–Crippen MR) is 98.1 cm³/mol. The van der Waals surface area contributed by atoms with Gasteiger partial charge >= 0.3 is 0 Å². The second-order valence-electron chi connectivity index (χ2n) is 5.79. The van der Waals surface area contributed by atoms with Crippen LogP contribution in [-0.4, -0.2) is 29.3 Å². The lowest BCUT2D eigenvalue weighted by Gasteiger charge is -2.08. The van der Waals surface area contributed by atoms with Crippen LogP contribution in [-0.2, 0) is 0 Å². The number of aromatic nitrogens is 2. The van der Waals surface area contributed by atoms with Gasteiger partial charge in [0, 0.05) is 12.1 Å². The summed E-state index contributed by atoms with van der Waals surface area (Å²) in [6.07, 6.45) is 0.841. The molecule has 26 heavy (non-hydrogen) atoms. The molecule has 0 fully saturated rings. The molecule has 1 amide bonds. The number of hydrogen-bond acceptors (Lipinski definition) is 3. The lowest BCUT2D eigenvalue weighted by atomic mass is 10.1. The molecule has 0 saturated carbocycles. The number of nitrogens with zero attached hydrogens (tertiary/aromatic N) is 2. The minimum absolute atomic E-state index is 0.205. The molecule has 0 aliphatic carbocycles. The van der Waals surface area contributed by atoms with Crippen molar-refractivity contribution in [3.8, 4) is 22.7 Å². The minimum atomic E-state index is -0.316. The van der Waals surface area contributed by atoms with Crippen molar-refractivity contribution < 1.29 is 13.9 Å². The van der Waals surface area contributed by atoms with E-state index in [0.29, 0.717) is 17.9 Å². The van der Waals surface area contributed by atoms with Crippen LogP contribution in [0.5, 0.6) is 5.75 Å². The number of hydrogen-bond donors (Lipinski definition) is 1. The minimum Gasteiger partial charge on any atom is -0.497 e. The van der Waals surface area contributed by atoms with Gasteiger partial charge < -0.3 is 10.1 Å². The van der Waals surface area contributed by atoms with Crippen LogP contribution in [0.2, 0.25) is 0 Å². The first-order chi connectivity index (χ1) is 12.6. The highest BCUT2D eigenvalue weighted by Gasteiger charge is 2.17. The van der Waals surface area contributed by atoms with E-state index in [1.807, 2.05) is 31.2 Å². The molecular formula is C20H20FN3O2. The second kappa shape index (κ2) is 7.82. The molecule has 134 valence electrons. The van der Waals surface area contributed by atoms with Gasteiger partial charge in [0.05, 0.1) is 18.5 Å². The van der Waals surface area contributed by atoms with E-state index in [-0.39, 0.29) is 11.7 Å². The van der Waals surface area contributed by atoms with Crippen LogP contribution in [0.3, 0.4) is 0 Å². The zero-order valence-electron chi connectivity index (χ0n) is 14.7. The van der Waals surface area contributed by atoms with Gasteiger partial charge in [-0.3, -0.25) is 4.79 Å². The Hall–Kier alpha value is -3.15. The zero-order valence-corrected chi connectivity index (χ0v) is 14.7. The van der Waals surface area contributed by atoms with Gasteiger partial charge in [-0.15, -0.1) is 0 Å². The number of carbonyl (C=O) groups is 1. The van der Waals surface area contributed by atoms with Crippen molar-refractivity contribution in [2.75, 3.05) is 13.7 Å². The van der Waals surface area contributed by atoms with E-state index in [0.717, 1.165) is 23.4 Å². The highest BCUT2D eigenvalue weighted by molar-refractivity contribution is 5.94. The van der Waals surface area contributed by atoms with Gasteiger partial charge in [0.1, 0.15) is 17.3 Å². The average Bonchev–Trinajstić information content (AvgIpc) is 3.12. The van der Waals surface area contributed by atoms with Crippen molar-refractivity contribution in [1.29, 1.82) is 0 Å². The molecule has 0 saturated heterocycles. The van der Waals surface area contributed by atoms with Gasteiger partial charge in [-0.05, 0) is 61.0 Å². The fraction of sp³-hybridized carbons (Fsp3) is 0.200. The summed E-state index contributed by atoms with van der Waals surface area (Å²) < 4.78 is 20.0. The Labute approximate surface area is 151 Å². The maximum atomic E-state index is 13.2. The quantitative estimate of drug-likeness (QED) is 0.733. The molecule has 3 aromatic rings. The summed E-state index contributed by atoms with van der Waals surface area (Å²) in [6, 6.07) is 15.0. The van der Waals surface area contributed by atoms with Crippen molar-refractivity contribution in [1.82, 2.24) is 15.1 Å². The zero-order chi connectivity index (χ0) is 18.5. The van der Waals surface area contributed by atoms with E-state index in [1.54, 1.807) is 30.0 Å². The Morgan fingerprint density at radius 1 is 1.15 bits per heavy atom. The number of carbonyl (C=O) groups excluding carboxylic acids is 1. The Kier molecular flexibility index (Phi) is 5.31. The summed E-state index contributed by atoms with van der Waals surface area (Å²) in [5, 5.41) is 7.43. The monoisotopic (exact) mass is 353 g/mol. The van der Waals surface area contributed by atoms with Crippen LogP contribution in [0.25, 0.3) is 16.9 Å². The van der Waals surface area contributed by atoms with E-state index >= 15 is 0 Å². The number of nitrogens with one attached hydrogen (secondary N) is 1. The van der Waals surface area contributed by atoms with E-state index in [9.17, 15) is 9.18 Å². The summed E-state index contributed by atoms with van der Waals surface area (Å²) in [6.45, 7) is 2.57. The molecule has 0 spiro atoms. The second-order valence-corrected chi connectivity index (χ2v) is 5.79. The van der Waals surface area contributed by atoms with E-state index in [2.05, 4.69) is 10.4 Å². The van der Waals surface area contributed by atoms with Crippen LogP contribution < -0.4 is 10.1 Å². The first-order valence-corrected chi connectivity index (χ1v) is 8.41. The standard InChI is InChI=1S/C20H20FN3O2/c1-3-12-22-20(25)19-13-18(14-4-6-15(21)7-5-14)23-24(19)16-8-10-17(26-2)11-9-16/h4-11,13H,3,12H2,1-2H3,(H,22,25). The number of methoxy groups -OCH3 is 1. The fourth-order valence-corrected chi connectivity index (χ4v) is 2.55. The Balaban J connectivity index is 2.04. The Morgan fingerprint density at radius 2 is 1.85 bits per heavy atom. The molecule has 1 heterocycles. The molecule has 0 radical (unpaired) electrons. The molecule has 1 N–H and O–H groups in total. The van der Waals surface area contributed by atoms with Crippen molar-refractivity contribution in [3.63, 3.8) is 0 Å². The predicted octanol–water partition coefficient (Wildman–Crippen LogP) is 3.83. The smallest absolute Gasteiger partial charge is 0.270 e. The van der Waals surface area contributed by atoms with Crippen molar-refractivity contribution in [2.24, 2.45) is 0 Å². The van der Waals surface area contributed by atoms with Crippen LogP contribution in [0.1, 0.15) is 23.8 Å². The first-order valence-electron chi connectivity index (χ1n) is 8.41. The van der Waals surface area contributed by atoms with Crippen LogP contribution in [0.4, 0.5) is 4.39 Å². The van der Waals surface area contributed by atoms with Gasteiger partial charge in [-0.1, -0.05) is 6.92 Å². The largest absolute Gasteiger partial charge is 0.497 e. The lowest BCUT2D eigenvalue weighted by molar-refractivity contribution is 0.0946. The van der Waals surface area contributed by atoms with Crippen molar-refractivity contribution in [2.45, 2.75) is 13.3 Å². The van der Waals surface area contributed by atoms with Gasteiger partial charge in [-0.2, -0.15) is 5.10 Å². The molecule has 0 aliphatic rings. The summed E-state index contributed by atoms with van der Waals surface area (Å²) >= 11 is 0. The highest BCUT2D eigenvalue weighted by Crippen LogP contribution is 2.23. The molecule has 0 bridgehead atoms. The molecule has 0 aliphatic heterocycles. The van der Waals surface area contributed by atoms with Gasteiger partial charge in [0.25, 0.3) is 5.91 Å². The number of rotatable bonds is 6. The van der Waals surface area contributed by atoms with E-state index in [4.69, 9.17) is 4.74 Å². The molecule has 0 unspecified atom stereocenters. The molecule has 0 atom stereocenters.